The SMILES string of the molecule is CC1=C(C(=O)OC(C)C)C(c2ccc(Cl)cc2)n2c(s/c(=C\c3ccc(-c4cc(C)c(C)c([N+](=O)[O-])c4)o3)c2=O)=N1. The van der Waals surface area contributed by atoms with Crippen LogP contribution in [-0.4, -0.2) is 21.6 Å². The predicted molar refractivity (Wildman–Crippen MR) is 157 cm³/mol. The minimum Gasteiger partial charge on any atom is -0.459 e. The number of nitrogens with zero attached hydrogens (tertiary/aromatic N) is 3. The molecule has 0 N–H and O–H groups in total. The summed E-state index contributed by atoms with van der Waals surface area (Å²) in [6.45, 7) is 8.75. The summed E-state index contributed by atoms with van der Waals surface area (Å²) in [5.74, 6) is 0.279. The number of hydrogen-bond donors (Lipinski definition) is 0. The van der Waals surface area contributed by atoms with E-state index in [-0.39, 0.29) is 22.9 Å². The molecular weight excluding hydrogens is 566 g/mol. The lowest BCUT2D eigenvalue weighted by molar-refractivity contribution is -0.385. The van der Waals surface area contributed by atoms with E-state index in [0.717, 1.165) is 5.56 Å². The van der Waals surface area contributed by atoms with E-state index >= 15 is 0 Å². The lowest BCUT2D eigenvalue weighted by atomic mass is 9.96. The van der Waals surface area contributed by atoms with Crippen molar-refractivity contribution in [2.75, 3.05) is 0 Å². The number of ether oxygens (including phenoxy) is 1. The number of allylic oxidation sites excluding steroid dienone is 1. The van der Waals surface area contributed by atoms with E-state index in [2.05, 4.69) is 4.99 Å². The van der Waals surface area contributed by atoms with Crippen LogP contribution in [0.15, 0.2) is 74.0 Å². The number of nitro groups is 1. The molecule has 5 rings (SSSR count). The number of halogens is 1. The maximum absolute atomic E-state index is 13.8. The second kappa shape index (κ2) is 10.9. The van der Waals surface area contributed by atoms with Crippen LogP contribution in [0.5, 0.6) is 0 Å². The van der Waals surface area contributed by atoms with Crippen molar-refractivity contribution in [3.05, 3.63) is 117 Å². The third-order valence-electron chi connectivity index (χ3n) is 6.79. The number of hydrogen-bond acceptors (Lipinski definition) is 8. The van der Waals surface area contributed by atoms with E-state index < -0.39 is 16.9 Å². The summed E-state index contributed by atoms with van der Waals surface area (Å²) in [6, 6.07) is 12.9. The summed E-state index contributed by atoms with van der Waals surface area (Å²) in [4.78, 5) is 43.1. The van der Waals surface area contributed by atoms with Crippen molar-refractivity contribution in [1.29, 1.82) is 0 Å². The van der Waals surface area contributed by atoms with Crippen LogP contribution in [0.1, 0.15) is 49.3 Å². The number of fused-ring (bicyclic) bond motifs is 1. The monoisotopic (exact) mass is 591 g/mol. The largest absolute Gasteiger partial charge is 0.459 e. The number of aromatic nitrogens is 1. The first-order valence-electron chi connectivity index (χ1n) is 12.8. The summed E-state index contributed by atoms with van der Waals surface area (Å²) >= 11 is 7.29. The van der Waals surface area contributed by atoms with Crippen molar-refractivity contribution in [1.82, 2.24) is 4.57 Å². The fraction of sp³-hybridized carbons (Fsp3) is 0.233. The summed E-state index contributed by atoms with van der Waals surface area (Å²) in [7, 11) is 0. The highest BCUT2D eigenvalue weighted by Gasteiger charge is 2.33. The molecule has 9 nitrogen and oxygen atoms in total. The molecule has 0 saturated carbocycles. The molecule has 0 bridgehead atoms. The first kappa shape index (κ1) is 28.3. The van der Waals surface area contributed by atoms with Gasteiger partial charge in [0, 0.05) is 28.3 Å². The zero-order valence-electron chi connectivity index (χ0n) is 22.9. The Balaban J connectivity index is 1.62. The van der Waals surface area contributed by atoms with Gasteiger partial charge in [0.1, 0.15) is 11.5 Å². The van der Waals surface area contributed by atoms with E-state index in [1.54, 1.807) is 77.1 Å². The van der Waals surface area contributed by atoms with E-state index in [9.17, 15) is 19.7 Å². The van der Waals surface area contributed by atoms with Crippen LogP contribution in [0.25, 0.3) is 17.4 Å². The molecule has 4 aromatic rings. The number of carbonyl (C=O) groups is 1. The molecule has 1 unspecified atom stereocenters. The molecule has 2 aromatic carbocycles. The summed E-state index contributed by atoms with van der Waals surface area (Å²) in [5, 5.41) is 12.0. The van der Waals surface area contributed by atoms with Crippen LogP contribution in [-0.2, 0) is 9.53 Å². The van der Waals surface area contributed by atoms with Crippen LogP contribution in [0.3, 0.4) is 0 Å². The van der Waals surface area contributed by atoms with Crippen molar-refractivity contribution < 1.29 is 18.9 Å². The van der Waals surface area contributed by atoms with Crippen molar-refractivity contribution in [2.24, 2.45) is 4.99 Å². The highest BCUT2D eigenvalue weighted by molar-refractivity contribution is 7.07. The number of thiazole rings is 1. The normalized spacial score (nSPS) is 15.2. The zero-order valence-corrected chi connectivity index (χ0v) is 24.5. The highest BCUT2D eigenvalue weighted by Crippen LogP contribution is 2.33. The van der Waals surface area contributed by atoms with E-state index in [0.29, 0.717) is 48.3 Å². The molecule has 0 radical (unpaired) electrons. The maximum Gasteiger partial charge on any atom is 0.338 e. The van der Waals surface area contributed by atoms with Gasteiger partial charge in [-0.05, 0) is 76.1 Å². The van der Waals surface area contributed by atoms with E-state index in [4.69, 9.17) is 20.8 Å². The van der Waals surface area contributed by atoms with Gasteiger partial charge in [0.05, 0.1) is 32.9 Å². The molecule has 0 fully saturated rings. The molecule has 0 spiro atoms. The van der Waals surface area contributed by atoms with Crippen LogP contribution < -0.4 is 14.9 Å². The van der Waals surface area contributed by atoms with Gasteiger partial charge in [0.25, 0.3) is 11.2 Å². The van der Waals surface area contributed by atoms with E-state index in [1.165, 1.54) is 22.0 Å². The van der Waals surface area contributed by atoms with Crippen molar-refractivity contribution in [2.45, 2.75) is 46.8 Å². The Bertz CT molecular complexity index is 1910. The molecule has 1 aliphatic heterocycles. The molecule has 41 heavy (non-hydrogen) atoms. The van der Waals surface area contributed by atoms with Crippen molar-refractivity contribution >= 4 is 40.7 Å². The number of benzene rings is 2. The Kier molecular flexibility index (Phi) is 7.54. The molecule has 3 heterocycles. The third kappa shape index (κ3) is 5.40. The smallest absolute Gasteiger partial charge is 0.338 e. The average molecular weight is 592 g/mol. The predicted octanol–water partition coefficient (Wildman–Crippen LogP) is 5.63. The number of nitro benzene ring substituents is 1. The Labute approximate surface area is 243 Å². The molecule has 1 atom stereocenters. The van der Waals surface area contributed by atoms with Gasteiger partial charge in [-0.2, -0.15) is 0 Å². The molecule has 0 saturated heterocycles. The van der Waals surface area contributed by atoms with Gasteiger partial charge in [-0.1, -0.05) is 35.1 Å². The Morgan fingerprint density at radius 3 is 2.54 bits per heavy atom. The Morgan fingerprint density at radius 1 is 1.17 bits per heavy atom. The van der Waals surface area contributed by atoms with Crippen LogP contribution in [0.4, 0.5) is 5.69 Å². The zero-order chi connectivity index (χ0) is 29.6. The van der Waals surface area contributed by atoms with Gasteiger partial charge in [-0.25, -0.2) is 9.79 Å². The highest BCUT2D eigenvalue weighted by atomic mass is 35.5. The minimum absolute atomic E-state index is 0.00984. The first-order chi connectivity index (χ1) is 19.4. The summed E-state index contributed by atoms with van der Waals surface area (Å²) in [5.41, 5.74) is 3.00. The van der Waals surface area contributed by atoms with Crippen molar-refractivity contribution in [3.63, 3.8) is 0 Å². The second-order valence-corrected chi connectivity index (χ2v) is 11.4. The van der Waals surface area contributed by atoms with Gasteiger partial charge >= 0.3 is 5.97 Å². The topological polar surface area (TPSA) is 117 Å². The number of furan rings is 1. The first-order valence-corrected chi connectivity index (χ1v) is 14.0. The minimum atomic E-state index is -0.764. The molecule has 0 aliphatic carbocycles. The number of esters is 1. The molecular formula is C30H26ClN3O6S. The fourth-order valence-electron chi connectivity index (χ4n) is 4.71. The second-order valence-electron chi connectivity index (χ2n) is 9.98. The van der Waals surface area contributed by atoms with Crippen LogP contribution in [0, 0.1) is 24.0 Å². The standard InChI is InChI=1S/C30H26ClN3O6S/c1-15(2)39-29(36)26-18(5)32-30-33(27(26)19-6-8-21(31)9-7-19)28(35)25(41-30)14-22-10-11-24(40-22)20-12-16(3)17(4)23(13-20)34(37)38/h6-15,27H,1-5H3/b25-14-. The third-order valence-corrected chi connectivity index (χ3v) is 8.03. The molecule has 210 valence electrons. The number of carbonyl (C=O) groups excluding carboxylic acids is 1. The van der Waals surface area contributed by atoms with Gasteiger partial charge in [0.15, 0.2) is 4.80 Å². The lowest BCUT2D eigenvalue weighted by Gasteiger charge is -2.25. The Morgan fingerprint density at radius 2 is 1.88 bits per heavy atom. The van der Waals surface area contributed by atoms with Gasteiger partial charge in [0.2, 0.25) is 0 Å². The molecule has 0 amide bonds. The lowest BCUT2D eigenvalue weighted by Crippen LogP contribution is -2.40. The van der Waals surface area contributed by atoms with Gasteiger partial charge < -0.3 is 9.15 Å². The molecule has 2 aromatic heterocycles. The molecule has 1 aliphatic rings. The van der Waals surface area contributed by atoms with Crippen LogP contribution >= 0.6 is 22.9 Å². The number of rotatable bonds is 6. The fourth-order valence-corrected chi connectivity index (χ4v) is 5.86. The molecule has 11 heteroatoms. The van der Waals surface area contributed by atoms with Crippen molar-refractivity contribution in [3.8, 4) is 11.3 Å². The average Bonchev–Trinajstić information content (AvgIpc) is 3.49. The summed E-state index contributed by atoms with van der Waals surface area (Å²) < 4.78 is 13.3. The van der Waals surface area contributed by atoms with Gasteiger partial charge in [-0.3, -0.25) is 19.5 Å². The summed E-state index contributed by atoms with van der Waals surface area (Å²) in [6.07, 6.45) is 1.25. The number of aryl methyl sites for hydroxylation is 1. The Hall–Kier alpha value is -4.28. The maximum atomic E-state index is 13.8. The van der Waals surface area contributed by atoms with Gasteiger partial charge in [-0.15, -0.1) is 0 Å². The quantitative estimate of drug-likeness (QED) is 0.163. The van der Waals surface area contributed by atoms with E-state index in [1.807, 2.05) is 6.07 Å². The van der Waals surface area contributed by atoms with Crippen LogP contribution in [0.2, 0.25) is 5.02 Å².